The maximum Gasteiger partial charge on any atom is 0.227 e. The van der Waals surface area contributed by atoms with Crippen LogP contribution in [0.3, 0.4) is 0 Å². The molecule has 0 radical (unpaired) electrons. The van der Waals surface area contributed by atoms with Crippen LogP contribution in [0.4, 0.5) is 51.2 Å². The molecule has 0 amide bonds. The summed E-state index contributed by atoms with van der Waals surface area (Å²) < 4.78 is 6.64. The molecule has 0 saturated heterocycles. The van der Waals surface area contributed by atoms with Gasteiger partial charge in [-0.2, -0.15) is 0 Å². The molecule has 5 heteroatoms. The Morgan fingerprint density at radius 2 is 0.735 bits per heavy atom. The highest BCUT2D eigenvalue weighted by atomic mass is 16.3. The molecule has 0 N–H and O–H groups in total. The Balaban J connectivity index is 1.06. The van der Waals surface area contributed by atoms with Gasteiger partial charge in [0.05, 0.1) is 5.69 Å². The fourth-order valence-electron chi connectivity index (χ4n) is 9.49. The number of para-hydroxylation sites is 5. The van der Waals surface area contributed by atoms with E-state index in [9.17, 15) is 0 Å². The molecule has 68 heavy (non-hydrogen) atoms. The van der Waals surface area contributed by atoms with Gasteiger partial charge in [0.25, 0.3) is 0 Å². The number of hydrogen-bond donors (Lipinski definition) is 0. The molecule has 1 aromatic heterocycles. The monoisotopic (exact) mass is 872 g/mol. The number of nitrogens with zero attached hydrogens (tertiary/aromatic N) is 4. The lowest BCUT2D eigenvalue weighted by molar-refractivity contribution is 0.623. The fraction of sp³-hybridized carbons (Fsp3) is 0. The molecule has 0 atom stereocenters. The van der Waals surface area contributed by atoms with Crippen LogP contribution in [0.2, 0.25) is 0 Å². The first-order chi connectivity index (χ1) is 33.7. The summed E-state index contributed by atoms with van der Waals surface area (Å²) in [6.45, 7) is 0. The van der Waals surface area contributed by atoms with Crippen LogP contribution in [0.25, 0.3) is 55.2 Å². The van der Waals surface area contributed by atoms with Crippen molar-refractivity contribution in [1.82, 2.24) is 4.98 Å². The van der Waals surface area contributed by atoms with Gasteiger partial charge in [0.2, 0.25) is 5.89 Å². The molecule has 5 nitrogen and oxygen atoms in total. The fourth-order valence-corrected chi connectivity index (χ4v) is 9.49. The van der Waals surface area contributed by atoms with Crippen LogP contribution in [-0.2, 0) is 0 Å². The lowest BCUT2D eigenvalue weighted by Gasteiger charge is -2.30. The average molecular weight is 873 g/mol. The third-order valence-corrected chi connectivity index (χ3v) is 12.6. The highest BCUT2D eigenvalue weighted by Crippen LogP contribution is 2.46. The quantitative estimate of drug-likeness (QED) is 0.121. The molecule has 12 aromatic rings. The zero-order chi connectivity index (χ0) is 45.2. The molecule has 12 rings (SSSR count). The van der Waals surface area contributed by atoms with Crippen LogP contribution in [-0.4, -0.2) is 4.98 Å². The maximum absolute atomic E-state index is 6.64. The molecule has 11 aromatic carbocycles. The van der Waals surface area contributed by atoms with E-state index >= 15 is 0 Å². The Bertz CT molecular complexity index is 3500. The Morgan fingerprint density at radius 1 is 0.294 bits per heavy atom. The molecule has 0 aliphatic rings. The number of rotatable bonds is 11. The molecule has 0 aliphatic heterocycles. The summed E-state index contributed by atoms with van der Waals surface area (Å²) in [5.41, 5.74) is 14.2. The van der Waals surface area contributed by atoms with E-state index in [0.29, 0.717) is 5.89 Å². The van der Waals surface area contributed by atoms with Crippen LogP contribution in [0.15, 0.2) is 271 Å². The Morgan fingerprint density at radius 3 is 1.28 bits per heavy atom. The zero-order valence-corrected chi connectivity index (χ0v) is 37.1. The molecule has 0 saturated carbocycles. The third-order valence-electron chi connectivity index (χ3n) is 12.6. The molecule has 0 fully saturated rings. The molecule has 0 spiro atoms. The lowest BCUT2D eigenvalue weighted by Crippen LogP contribution is -2.13. The van der Waals surface area contributed by atoms with E-state index in [0.717, 1.165) is 101 Å². The summed E-state index contributed by atoms with van der Waals surface area (Å²) >= 11 is 0. The summed E-state index contributed by atoms with van der Waals surface area (Å²) in [6.07, 6.45) is 0. The van der Waals surface area contributed by atoms with Crippen LogP contribution >= 0.6 is 0 Å². The SMILES string of the molecule is c1ccc(-c2nc3ccc4ccc5c(N(c6ccccc6)c6cccc(-c7cc(N(c8ccccc8)c8ccccc8)cc(N(c8ccccc8)c8ccccc8)c7)c6)cccc5c4c3o2)cc1. The van der Waals surface area contributed by atoms with Gasteiger partial charge in [0, 0.05) is 61.8 Å². The van der Waals surface area contributed by atoms with Gasteiger partial charge in [-0.25, -0.2) is 4.98 Å². The van der Waals surface area contributed by atoms with E-state index in [-0.39, 0.29) is 0 Å². The third kappa shape index (κ3) is 7.58. The van der Waals surface area contributed by atoms with Crippen LogP contribution in [0, 0.1) is 0 Å². The minimum atomic E-state index is 0.613. The van der Waals surface area contributed by atoms with Gasteiger partial charge < -0.3 is 19.1 Å². The first-order valence-corrected chi connectivity index (χ1v) is 23.0. The Labute approximate surface area is 395 Å². The standard InChI is InChI=1S/C63H44N4O/c1-7-21-46(22-8-1)63-64-59-40-38-45-37-39-57-58(61(45)62(59)68-63)35-20-36-60(57)67(53-32-17-6-18-33-53)54-34-19-23-47(41-54)48-42-55(65(49-24-9-2-10-25-49)50-26-11-3-12-27-50)44-56(43-48)66(51-28-13-4-14-29-51)52-30-15-5-16-31-52/h1-44H. The normalized spacial score (nSPS) is 11.2. The van der Waals surface area contributed by atoms with E-state index in [1.807, 2.05) is 30.3 Å². The number of benzene rings is 11. The van der Waals surface area contributed by atoms with Crippen molar-refractivity contribution in [3.8, 4) is 22.6 Å². The van der Waals surface area contributed by atoms with Gasteiger partial charge in [-0.05, 0) is 137 Å². The van der Waals surface area contributed by atoms with Gasteiger partial charge in [-0.3, -0.25) is 0 Å². The average Bonchev–Trinajstić information content (AvgIpc) is 3.86. The van der Waals surface area contributed by atoms with Gasteiger partial charge in [0.15, 0.2) is 5.58 Å². The number of fused-ring (bicyclic) bond motifs is 5. The van der Waals surface area contributed by atoms with E-state index in [2.05, 4.69) is 251 Å². The summed E-state index contributed by atoms with van der Waals surface area (Å²) in [6, 6.07) is 94.3. The van der Waals surface area contributed by atoms with Crippen molar-refractivity contribution in [2.75, 3.05) is 14.7 Å². The second-order valence-corrected chi connectivity index (χ2v) is 16.8. The van der Waals surface area contributed by atoms with Crippen molar-refractivity contribution in [2.45, 2.75) is 0 Å². The van der Waals surface area contributed by atoms with Gasteiger partial charge >= 0.3 is 0 Å². The Kier molecular flexibility index (Phi) is 10.5. The lowest BCUT2D eigenvalue weighted by atomic mass is 9.98. The smallest absolute Gasteiger partial charge is 0.227 e. The molecule has 0 bridgehead atoms. The highest BCUT2D eigenvalue weighted by molar-refractivity contribution is 6.20. The predicted molar refractivity (Wildman–Crippen MR) is 284 cm³/mol. The van der Waals surface area contributed by atoms with Crippen molar-refractivity contribution in [3.63, 3.8) is 0 Å². The molecule has 0 aliphatic carbocycles. The first kappa shape index (κ1) is 40.3. The van der Waals surface area contributed by atoms with E-state index in [1.165, 1.54) is 0 Å². The number of aromatic nitrogens is 1. The minimum Gasteiger partial charge on any atom is -0.435 e. The van der Waals surface area contributed by atoms with Crippen molar-refractivity contribution in [1.29, 1.82) is 0 Å². The van der Waals surface area contributed by atoms with Crippen LogP contribution in [0.5, 0.6) is 0 Å². The number of hydrogen-bond acceptors (Lipinski definition) is 5. The summed E-state index contributed by atoms with van der Waals surface area (Å²) in [7, 11) is 0. The second-order valence-electron chi connectivity index (χ2n) is 16.8. The van der Waals surface area contributed by atoms with E-state index < -0.39 is 0 Å². The highest BCUT2D eigenvalue weighted by Gasteiger charge is 2.22. The zero-order valence-electron chi connectivity index (χ0n) is 37.1. The molecular weight excluding hydrogens is 829 g/mol. The molecular formula is C63H44N4O. The van der Waals surface area contributed by atoms with Crippen molar-refractivity contribution in [2.24, 2.45) is 0 Å². The van der Waals surface area contributed by atoms with Crippen molar-refractivity contribution in [3.05, 3.63) is 267 Å². The minimum absolute atomic E-state index is 0.613. The first-order valence-electron chi connectivity index (χ1n) is 23.0. The predicted octanol–water partition coefficient (Wildman–Crippen LogP) is 17.9. The summed E-state index contributed by atoms with van der Waals surface area (Å²) in [4.78, 5) is 12.0. The molecule has 1 heterocycles. The van der Waals surface area contributed by atoms with E-state index in [1.54, 1.807) is 0 Å². The maximum atomic E-state index is 6.64. The number of anilines is 9. The van der Waals surface area contributed by atoms with Crippen molar-refractivity contribution < 1.29 is 4.42 Å². The van der Waals surface area contributed by atoms with Gasteiger partial charge in [-0.15, -0.1) is 0 Å². The van der Waals surface area contributed by atoms with Gasteiger partial charge in [0.1, 0.15) is 5.52 Å². The van der Waals surface area contributed by atoms with Crippen molar-refractivity contribution >= 4 is 83.8 Å². The summed E-state index contributed by atoms with van der Waals surface area (Å²) in [5.74, 6) is 0.613. The van der Waals surface area contributed by atoms with Gasteiger partial charge in [-0.1, -0.05) is 152 Å². The Hall–Kier alpha value is -9.19. The topological polar surface area (TPSA) is 35.8 Å². The molecule has 322 valence electrons. The number of oxazole rings is 1. The summed E-state index contributed by atoms with van der Waals surface area (Å²) in [5, 5.41) is 4.35. The largest absolute Gasteiger partial charge is 0.435 e. The van der Waals surface area contributed by atoms with Crippen LogP contribution in [0.1, 0.15) is 0 Å². The second kappa shape index (κ2) is 17.7. The van der Waals surface area contributed by atoms with Crippen LogP contribution < -0.4 is 14.7 Å². The molecule has 0 unspecified atom stereocenters. The van der Waals surface area contributed by atoms with E-state index in [4.69, 9.17) is 9.40 Å².